The van der Waals surface area contributed by atoms with Gasteiger partial charge in [0.05, 0.1) is 0 Å². The highest BCUT2D eigenvalue weighted by atomic mass is 15.1. The molecule has 0 fully saturated rings. The van der Waals surface area contributed by atoms with Crippen LogP contribution in [0.1, 0.15) is 52.9 Å². The molecule has 0 saturated heterocycles. The lowest BCUT2D eigenvalue weighted by Gasteiger charge is -2.23. The number of rotatable bonds is 13. The first-order chi connectivity index (χ1) is 9.86. The standard InChI is InChI=1S/C19H36N2/c1-8-17(4)14-19(6)21(7)13-11-9-10-12-18(5)20-15-16(2)3/h8,16-17,20H,1,5-6,9-15H2,2-4,7H3. The van der Waals surface area contributed by atoms with E-state index in [1.165, 1.54) is 30.7 Å². The van der Waals surface area contributed by atoms with Crippen molar-refractivity contribution in [2.75, 3.05) is 20.1 Å². The van der Waals surface area contributed by atoms with Gasteiger partial charge >= 0.3 is 0 Å². The van der Waals surface area contributed by atoms with Gasteiger partial charge in [-0.2, -0.15) is 0 Å². The summed E-state index contributed by atoms with van der Waals surface area (Å²) in [6.07, 6.45) is 7.77. The van der Waals surface area contributed by atoms with Crippen LogP contribution in [0, 0.1) is 11.8 Å². The molecule has 0 aromatic carbocycles. The molecule has 0 aliphatic rings. The van der Waals surface area contributed by atoms with Gasteiger partial charge in [-0.15, -0.1) is 6.58 Å². The van der Waals surface area contributed by atoms with Gasteiger partial charge in [-0.1, -0.05) is 46.4 Å². The van der Waals surface area contributed by atoms with Gasteiger partial charge in [-0.3, -0.25) is 0 Å². The maximum atomic E-state index is 4.16. The quantitative estimate of drug-likeness (QED) is 0.381. The fraction of sp³-hybridized carbons (Fsp3) is 0.684. The van der Waals surface area contributed by atoms with E-state index in [2.05, 4.69) is 57.8 Å². The van der Waals surface area contributed by atoms with E-state index in [0.29, 0.717) is 11.8 Å². The minimum absolute atomic E-state index is 0.510. The Hall–Kier alpha value is -1.18. The van der Waals surface area contributed by atoms with E-state index >= 15 is 0 Å². The van der Waals surface area contributed by atoms with E-state index in [-0.39, 0.29) is 0 Å². The van der Waals surface area contributed by atoms with Crippen molar-refractivity contribution in [3.8, 4) is 0 Å². The van der Waals surface area contributed by atoms with Gasteiger partial charge in [0.2, 0.25) is 0 Å². The zero-order valence-corrected chi connectivity index (χ0v) is 14.8. The van der Waals surface area contributed by atoms with Crippen LogP contribution in [-0.4, -0.2) is 25.0 Å². The maximum Gasteiger partial charge on any atom is 0.0171 e. The van der Waals surface area contributed by atoms with Gasteiger partial charge in [0.15, 0.2) is 0 Å². The van der Waals surface area contributed by atoms with Crippen LogP contribution in [0.15, 0.2) is 37.2 Å². The van der Waals surface area contributed by atoms with Crippen LogP contribution in [0.2, 0.25) is 0 Å². The molecular formula is C19H36N2. The third kappa shape index (κ3) is 11.2. The molecule has 0 amide bonds. The second-order valence-corrected chi connectivity index (χ2v) is 6.59. The van der Waals surface area contributed by atoms with Gasteiger partial charge < -0.3 is 10.2 Å². The minimum atomic E-state index is 0.510. The molecule has 0 aliphatic carbocycles. The summed E-state index contributed by atoms with van der Waals surface area (Å²) in [4.78, 5) is 2.28. The third-order valence-electron chi connectivity index (χ3n) is 3.73. The highest BCUT2D eigenvalue weighted by molar-refractivity contribution is 4.97. The Kier molecular flexibility index (Phi) is 10.8. The van der Waals surface area contributed by atoms with E-state index in [0.717, 1.165) is 25.9 Å². The Labute approximate surface area is 133 Å². The summed E-state index contributed by atoms with van der Waals surface area (Å²) in [6, 6.07) is 0. The SMILES string of the molecule is C=CC(C)CC(=C)N(C)CCCCCC(=C)NCC(C)C. The molecule has 122 valence electrons. The molecule has 0 rings (SSSR count). The summed E-state index contributed by atoms with van der Waals surface area (Å²) in [6.45, 7) is 20.8. The van der Waals surface area contributed by atoms with Crippen LogP contribution < -0.4 is 5.32 Å². The van der Waals surface area contributed by atoms with Crippen LogP contribution in [0.3, 0.4) is 0 Å². The Balaban J connectivity index is 3.64. The zero-order valence-electron chi connectivity index (χ0n) is 14.8. The monoisotopic (exact) mass is 292 g/mol. The first-order valence-electron chi connectivity index (χ1n) is 8.29. The predicted octanol–water partition coefficient (Wildman–Crippen LogP) is 4.96. The molecule has 0 spiro atoms. The zero-order chi connectivity index (χ0) is 16.3. The lowest BCUT2D eigenvalue weighted by atomic mass is 10.1. The number of hydrogen-bond acceptors (Lipinski definition) is 2. The number of nitrogens with one attached hydrogen (secondary N) is 1. The van der Waals surface area contributed by atoms with Crippen molar-refractivity contribution < 1.29 is 0 Å². The number of unbranched alkanes of at least 4 members (excludes halogenated alkanes) is 2. The Morgan fingerprint density at radius 3 is 2.38 bits per heavy atom. The second kappa shape index (κ2) is 11.5. The molecule has 0 aromatic rings. The van der Waals surface area contributed by atoms with Crippen molar-refractivity contribution in [2.45, 2.75) is 52.9 Å². The average molecular weight is 293 g/mol. The fourth-order valence-corrected chi connectivity index (χ4v) is 2.07. The van der Waals surface area contributed by atoms with E-state index in [9.17, 15) is 0 Å². The number of allylic oxidation sites excluding steroid dienone is 3. The van der Waals surface area contributed by atoms with Gasteiger partial charge in [-0.05, 0) is 37.5 Å². The first-order valence-corrected chi connectivity index (χ1v) is 8.29. The fourth-order valence-electron chi connectivity index (χ4n) is 2.07. The lowest BCUT2D eigenvalue weighted by molar-refractivity contribution is 0.377. The van der Waals surface area contributed by atoms with Gasteiger partial charge in [0, 0.05) is 31.5 Å². The Morgan fingerprint density at radius 1 is 1.14 bits per heavy atom. The molecule has 1 atom stereocenters. The maximum absolute atomic E-state index is 4.16. The third-order valence-corrected chi connectivity index (χ3v) is 3.73. The van der Waals surface area contributed by atoms with Crippen molar-refractivity contribution in [1.82, 2.24) is 10.2 Å². The first kappa shape index (κ1) is 19.8. The van der Waals surface area contributed by atoms with Crippen molar-refractivity contribution in [3.05, 3.63) is 37.2 Å². The number of hydrogen-bond donors (Lipinski definition) is 1. The molecule has 1 unspecified atom stereocenters. The lowest BCUT2D eigenvalue weighted by Crippen LogP contribution is -2.20. The molecule has 21 heavy (non-hydrogen) atoms. The van der Waals surface area contributed by atoms with Gasteiger partial charge in [-0.25, -0.2) is 0 Å². The molecule has 0 saturated carbocycles. The largest absolute Gasteiger partial charge is 0.389 e. The van der Waals surface area contributed by atoms with Gasteiger partial charge in [0.25, 0.3) is 0 Å². The van der Waals surface area contributed by atoms with E-state index in [4.69, 9.17) is 0 Å². The Morgan fingerprint density at radius 2 is 1.81 bits per heavy atom. The summed E-state index contributed by atoms with van der Waals surface area (Å²) in [5.74, 6) is 1.19. The smallest absolute Gasteiger partial charge is 0.0171 e. The molecule has 2 heteroatoms. The molecule has 0 bridgehead atoms. The topological polar surface area (TPSA) is 15.3 Å². The van der Waals surface area contributed by atoms with Crippen molar-refractivity contribution in [1.29, 1.82) is 0 Å². The van der Waals surface area contributed by atoms with Crippen molar-refractivity contribution in [2.24, 2.45) is 11.8 Å². The summed E-state index contributed by atoms with van der Waals surface area (Å²) in [5, 5.41) is 3.40. The molecule has 0 aliphatic heterocycles. The van der Waals surface area contributed by atoms with Crippen LogP contribution in [0.4, 0.5) is 0 Å². The summed E-state index contributed by atoms with van der Waals surface area (Å²) in [5.41, 5.74) is 2.40. The summed E-state index contributed by atoms with van der Waals surface area (Å²) < 4.78 is 0. The van der Waals surface area contributed by atoms with Crippen molar-refractivity contribution >= 4 is 0 Å². The van der Waals surface area contributed by atoms with Gasteiger partial charge in [0.1, 0.15) is 0 Å². The molecule has 0 aromatic heterocycles. The van der Waals surface area contributed by atoms with Crippen LogP contribution >= 0.6 is 0 Å². The molecule has 1 N–H and O–H groups in total. The average Bonchev–Trinajstić information content (AvgIpc) is 2.44. The molecular weight excluding hydrogens is 256 g/mol. The number of nitrogens with zero attached hydrogens (tertiary/aromatic N) is 1. The van der Waals surface area contributed by atoms with Crippen LogP contribution in [-0.2, 0) is 0 Å². The highest BCUT2D eigenvalue weighted by Crippen LogP contribution is 2.14. The van der Waals surface area contributed by atoms with Crippen LogP contribution in [0.25, 0.3) is 0 Å². The normalized spacial score (nSPS) is 12.0. The molecule has 0 heterocycles. The Bertz CT molecular complexity index is 318. The summed E-state index contributed by atoms with van der Waals surface area (Å²) in [7, 11) is 2.14. The van der Waals surface area contributed by atoms with Crippen LogP contribution in [0.5, 0.6) is 0 Å². The van der Waals surface area contributed by atoms with Crippen molar-refractivity contribution in [3.63, 3.8) is 0 Å². The van der Waals surface area contributed by atoms with E-state index in [1.807, 2.05) is 6.08 Å². The molecule has 2 nitrogen and oxygen atoms in total. The molecule has 0 radical (unpaired) electrons. The summed E-state index contributed by atoms with van der Waals surface area (Å²) >= 11 is 0. The predicted molar refractivity (Wildman–Crippen MR) is 96.2 cm³/mol. The van der Waals surface area contributed by atoms with E-state index in [1.54, 1.807) is 0 Å². The van der Waals surface area contributed by atoms with E-state index < -0.39 is 0 Å². The minimum Gasteiger partial charge on any atom is -0.389 e. The highest BCUT2D eigenvalue weighted by Gasteiger charge is 2.05. The second-order valence-electron chi connectivity index (χ2n) is 6.59.